The Kier molecular flexibility index (Phi) is 5.71. The van der Waals surface area contributed by atoms with Crippen molar-refractivity contribution >= 4 is 34.5 Å². The molecule has 1 amide bonds. The fraction of sp³-hybridized carbons (Fsp3) is 0.100. The molecule has 0 bridgehead atoms. The van der Waals surface area contributed by atoms with Crippen LogP contribution in [0.1, 0.15) is 5.56 Å². The Hall–Kier alpha value is -3.05. The van der Waals surface area contributed by atoms with Crippen molar-refractivity contribution in [3.8, 4) is 11.5 Å². The van der Waals surface area contributed by atoms with E-state index >= 15 is 0 Å². The van der Waals surface area contributed by atoms with Gasteiger partial charge in [-0.3, -0.25) is 4.79 Å². The third-order valence-corrected chi connectivity index (χ3v) is 3.97. The Morgan fingerprint density at radius 1 is 1.12 bits per heavy atom. The standard InChI is InChI=1S/C20H17ClN2O3/c1-25-19-11-6-14-4-2-3-5-17(14)18(19)12-22-23-20(24)13-26-16-9-7-15(21)8-10-16/h2-12H,13H2,1H3,(H,23,24). The zero-order valence-electron chi connectivity index (χ0n) is 14.1. The van der Waals surface area contributed by atoms with Crippen molar-refractivity contribution in [1.29, 1.82) is 0 Å². The first kappa shape index (κ1) is 17.8. The van der Waals surface area contributed by atoms with Gasteiger partial charge in [0.2, 0.25) is 0 Å². The van der Waals surface area contributed by atoms with Crippen LogP contribution in [-0.4, -0.2) is 25.8 Å². The molecule has 1 N–H and O–H groups in total. The van der Waals surface area contributed by atoms with Crippen LogP contribution in [0.25, 0.3) is 10.8 Å². The Morgan fingerprint density at radius 2 is 1.88 bits per heavy atom. The van der Waals surface area contributed by atoms with E-state index in [1.54, 1.807) is 37.6 Å². The van der Waals surface area contributed by atoms with Crippen molar-refractivity contribution in [2.45, 2.75) is 0 Å². The summed E-state index contributed by atoms with van der Waals surface area (Å²) in [4.78, 5) is 11.9. The molecule has 3 aromatic rings. The van der Waals surface area contributed by atoms with E-state index in [2.05, 4.69) is 10.5 Å². The zero-order chi connectivity index (χ0) is 18.4. The van der Waals surface area contributed by atoms with Crippen molar-refractivity contribution < 1.29 is 14.3 Å². The number of hydrazone groups is 1. The molecule has 0 aliphatic rings. The molecule has 5 nitrogen and oxygen atoms in total. The predicted octanol–water partition coefficient (Wildman–Crippen LogP) is 4.03. The number of hydrogen-bond acceptors (Lipinski definition) is 4. The molecule has 0 spiro atoms. The maximum absolute atomic E-state index is 11.9. The van der Waals surface area contributed by atoms with Gasteiger partial charge in [0.05, 0.1) is 13.3 Å². The number of nitrogens with zero attached hydrogens (tertiary/aromatic N) is 1. The van der Waals surface area contributed by atoms with Gasteiger partial charge in [-0.2, -0.15) is 5.10 Å². The Labute approximate surface area is 156 Å². The monoisotopic (exact) mass is 368 g/mol. The highest BCUT2D eigenvalue weighted by Gasteiger charge is 2.06. The number of methoxy groups -OCH3 is 1. The van der Waals surface area contributed by atoms with Gasteiger partial charge in [-0.25, -0.2) is 5.43 Å². The van der Waals surface area contributed by atoms with Crippen LogP contribution in [-0.2, 0) is 4.79 Å². The van der Waals surface area contributed by atoms with Crippen molar-refractivity contribution in [3.63, 3.8) is 0 Å². The summed E-state index contributed by atoms with van der Waals surface area (Å²) >= 11 is 5.80. The third kappa shape index (κ3) is 4.32. The van der Waals surface area contributed by atoms with E-state index in [0.717, 1.165) is 16.3 Å². The van der Waals surface area contributed by atoms with Gasteiger partial charge in [-0.1, -0.05) is 41.9 Å². The fourth-order valence-corrected chi connectivity index (χ4v) is 2.59. The zero-order valence-corrected chi connectivity index (χ0v) is 14.9. The SMILES string of the molecule is COc1ccc2ccccc2c1C=NNC(=O)COc1ccc(Cl)cc1. The molecule has 3 aromatic carbocycles. The van der Waals surface area contributed by atoms with Gasteiger partial charge in [0, 0.05) is 10.6 Å². The lowest BCUT2D eigenvalue weighted by Crippen LogP contribution is -2.24. The van der Waals surface area contributed by atoms with E-state index in [1.807, 2.05) is 36.4 Å². The van der Waals surface area contributed by atoms with E-state index in [4.69, 9.17) is 21.1 Å². The minimum absolute atomic E-state index is 0.147. The second-order valence-electron chi connectivity index (χ2n) is 5.44. The number of rotatable bonds is 6. The second-order valence-corrected chi connectivity index (χ2v) is 5.87. The number of carbonyl (C=O) groups is 1. The number of benzene rings is 3. The summed E-state index contributed by atoms with van der Waals surface area (Å²) in [5, 5.41) is 6.68. The van der Waals surface area contributed by atoms with Gasteiger partial charge in [-0.05, 0) is 41.1 Å². The Bertz CT molecular complexity index is 939. The average Bonchev–Trinajstić information content (AvgIpc) is 2.67. The van der Waals surface area contributed by atoms with Crippen LogP contribution in [0.4, 0.5) is 0 Å². The van der Waals surface area contributed by atoms with E-state index in [9.17, 15) is 4.79 Å². The average molecular weight is 369 g/mol. The molecule has 6 heteroatoms. The topological polar surface area (TPSA) is 59.9 Å². The lowest BCUT2D eigenvalue weighted by atomic mass is 10.0. The quantitative estimate of drug-likeness (QED) is 0.528. The molecule has 0 saturated carbocycles. The number of amides is 1. The molecule has 0 fully saturated rings. The summed E-state index contributed by atoms with van der Waals surface area (Å²) in [7, 11) is 1.60. The van der Waals surface area contributed by atoms with Crippen LogP contribution in [0.3, 0.4) is 0 Å². The van der Waals surface area contributed by atoms with E-state index in [-0.39, 0.29) is 12.5 Å². The normalized spacial score (nSPS) is 10.8. The number of nitrogens with one attached hydrogen (secondary N) is 1. The first-order valence-corrected chi connectivity index (χ1v) is 8.31. The fourth-order valence-electron chi connectivity index (χ4n) is 2.47. The summed E-state index contributed by atoms with van der Waals surface area (Å²) in [5.74, 6) is 0.874. The molecule has 0 aliphatic carbocycles. The third-order valence-electron chi connectivity index (χ3n) is 3.72. The van der Waals surface area contributed by atoms with Crippen LogP contribution in [0, 0.1) is 0 Å². The number of fused-ring (bicyclic) bond motifs is 1. The van der Waals surface area contributed by atoms with Crippen LogP contribution < -0.4 is 14.9 Å². The molecule has 0 aliphatic heterocycles. The summed E-state index contributed by atoms with van der Waals surface area (Å²) in [6.45, 7) is -0.147. The Morgan fingerprint density at radius 3 is 2.65 bits per heavy atom. The van der Waals surface area contributed by atoms with Gasteiger partial charge in [-0.15, -0.1) is 0 Å². The van der Waals surface area contributed by atoms with E-state index < -0.39 is 0 Å². The Balaban J connectivity index is 1.65. The largest absolute Gasteiger partial charge is 0.496 e. The molecule has 0 radical (unpaired) electrons. The first-order valence-electron chi connectivity index (χ1n) is 7.93. The van der Waals surface area contributed by atoms with Gasteiger partial charge in [0.1, 0.15) is 11.5 Å². The summed E-state index contributed by atoms with van der Waals surface area (Å²) in [6.07, 6.45) is 1.57. The first-order chi connectivity index (χ1) is 12.7. The van der Waals surface area contributed by atoms with E-state index in [1.165, 1.54) is 0 Å². The van der Waals surface area contributed by atoms with Crippen LogP contribution >= 0.6 is 11.6 Å². The van der Waals surface area contributed by atoms with Crippen molar-refractivity contribution in [2.24, 2.45) is 5.10 Å². The lowest BCUT2D eigenvalue weighted by molar-refractivity contribution is -0.123. The molecular weight excluding hydrogens is 352 g/mol. The van der Waals surface area contributed by atoms with Gasteiger partial charge in [0.25, 0.3) is 5.91 Å². The van der Waals surface area contributed by atoms with Gasteiger partial charge in [0.15, 0.2) is 6.61 Å². The molecule has 26 heavy (non-hydrogen) atoms. The minimum Gasteiger partial charge on any atom is -0.496 e. The number of halogens is 1. The van der Waals surface area contributed by atoms with E-state index in [0.29, 0.717) is 16.5 Å². The van der Waals surface area contributed by atoms with Crippen LogP contribution in [0.5, 0.6) is 11.5 Å². The predicted molar refractivity (Wildman–Crippen MR) is 103 cm³/mol. The molecule has 0 saturated heterocycles. The lowest BCUT2D eigenvalue weighted by Gasteiger charge is -2.08. The van der Waals surface area contributed by atoms with Crippen molar-refractivity contribution in [3.05, 3.63) is 71.2 Å². The highest BCUT2D eigenvalue weighted by Crippen LogP contribution is 2.26. The maximum atomic E-state index is 11.9. The van der Waals surface area contributed by atoms with Gasteiger partial charge < -0.3 is 9.47 Å². The molecular formula is C20H17ClN2O3. The number of hydrogen-bond donors (Lipinski definition) is 1. The molecule has 0 heterocycles. The van der Waals surface area contributed by atoms with Crippen LogP contribution in [0.15, 0.2) is 65.8 Å². The highest BCUT2D eigenvalue weighted by atomic mass is 35.5. The number of ether oxygens (including phenoxy) is 2. The molecule has 0 atom stereocenters. The second kappa shape index (κ2) is 8.36. The van der Waals surface area contributed by atoms with Gasteiger partial charge >= 0.3 is 0 Å². The number of carbonyl (C=O) groups excluding carboxylic acids is 1. The smallest absolute Gasteiger partial charge is 0.277 e. The summed E-state index contributed by atoms with van der Waals surface area (Å²) in [5.41, 5.74) is 3.25. The minimum atomic E-state index is -0.365. The van der Waals surface area contributed by atoms with Crippen LogP contribution in [0.2, 0.25) is 5.02 Å². The molecule has 0 aromatic heterocycles. The molecule has 3 rings (SSSR count). The molecule has 0 unspecified atom stereocenters. The summed E-state index contributed by atoms with van der Waals surface area (Å²) in [6, 6.07) is 18.5. The van der Waals surface area contributed by atoms with Crippen molar-refractivity contribution in [2.75, 3.05) is 13.7 Å². The highest BCUT2D eigenvalue weighted by molar-refractivity contribution is 6.30. The summed E-state index contributed by atoms with van der Waals surface area (Å²) < 4.78 is 10.8. The van der Waals surface area contributed by atoms with Crippen molar-refractivity contribution in [1.82, 2.24) is 5.43 Å². The molecule has 132 valence electrons. The maximum Gasteiger partial charge on any atom is 0.277 e.